The fourth-order valence-electron chi connectivity index (χ4n) is 2.38. The minimum Gasteiger partial charge on any atom is -0.444 e. The van der Waals surface area contributed by atoms with Gasteiger partial charge in [0.25, 0.3) is 0 Å². The molecule has 1 aliphatic heterocycles. The molecular weight excluding hydrogens is 268 g/mol. The van der Waals surface area contributed by atoms with Crippen molar-refractivity contribution in [1.29, 1.82) is 0 Å². The van der Waals surface area contributed by atoms with E-state index < -0.39 is 11.7 Å². The highest BCUT2D eigenvalue weighted by Crippen LogP contribution is 2.15. The van der Waals surface area contributed by atoms with Crippen LogP contribution in [0.4, 0.5) is 4.79 Å². The average Bonchev–Trinajstić information content (AvgIpc) is 2.68. The van der Waals surface area contributed by atoms with E-state index in [1.54, 1.807) is 0 Å². The summed E-state index contributed by atoms with van der Waals surface area (Å²) in [6.07, 6.45) is 0.492. The van der Waals surface area contributed by atoms with Gasteiger partial charge in [0, 0.05) is 6.42 Å². The number of hydrogen-bond donors (Lipinski definition) is 2. The minimum absolute atomic E-state index is 0.0445. The van der Waals surface area contributed by atoms with Crippen molar-refractivity contribution in [2.45, 2.75) is 51.3 Å². The molecule has 0 bridgehead atoms. The molecule has 5 nitrogen and oxygen atoms in total. The average molecular weight is 290 g/mol. The third-order valence-corrected chi connectivity index (χ3v) is 3.24. The Kier molecular flexibility index (Phi) is 4.50. The zero-order valence-corrected chi connectivity index (χ0v) is 12.7. The predicted molar refractivity (Wildman–Crippen MR) is 79.9 cm³/mol. The van der Waals surface area contributed by atoms with Crippen molar-refractivity contribution >= 4 is 12.0 Å². The zero-order chi connectivity index (χ0) is 15.5. The van der Waals surface area contributed by atoms with Crippen molar-refractivity contribution in [2.75, 3.05) is 0 Å². The van der Waals surface area contributed by atoms with Gasteiger partial charge in [-0.05, 0) is 32.8 Å². The maximum Gasteiger partial charge on any atom is 0.407 e. The Morgan fingerprint density at radius 3 is 2.62 bits per heavy atom. The summed E-state index contributed by atoms with van der Waals surface area (Å²) in [7, 11) is 0. The summed E-state index contributed by atoms with van der Waals surface area (Å²) < 4.78 is 5.24. The van der Waals surface area contributed by atoms with E-state index in [-0.39, 0.29) is 24.4 Å². The minimum atomic E-state index is -0.547. The molecule has 114 valence electrons. The summed E-state index contributed by atoms with van der Waals surface area (Å²) in [6.45, 7) is 5.43. The Morgan fingerprint density at radius 1 is 1.33 bits per heavy atom. The number of carbonyl (C=O) groups is 2. The molecule has 0 radical (unpaired) electrons. The molecule has 5 heteroatoms. The van der Waals surface area contributed by atoms with Crippen LogP contribution in [0.15, 0.2) is 30.3 Å². The number of carbonyl (C=O) groups excluding carboxylic acids is 2. The largest absolute Gasteiger partial charge is 0.444 e. The smallest absolute Gasteiger partial charge is 0.407 e. The molecule has 0 spiro atoms. The van der Waals surface area contributed by atoms with Crippen LogP contribution in [0.25, 0.3) is 0 Å². The monoisotopic (exact) mass is 290 g/mol. The van der Waals surface area contributed by atoms with Gasteiger partial charge in [-0.2, -0.15) is 0 Å². The summed E-state index contributed by atoms with van der Waals surface area (Å²) in [5.74, 6) is -0.0445. The molecule has 1 aliphatic rings. The first-order chi connectivity index (χ1) is 9.83. The van der Waals surface area contributed by atoms with E-state index in [9.17, 15) is 9.59 Å². The molecule has 1 saturated heterocycles. The molecule has 0 aliphatic carbocycles. The van der Waals surface area contributed by atoms with Gasteiger partial charge in [0.15, 0.2) is 0 Å². The standard InChI is InChI=1S/C16H22N2O3/c1-16(2,3)21-15(20)18-13-10-14(19)17-12(13)9-11-7-5-4-6-8-11/h4-8,12-13H,9-10H2,1-3H3,(H,17,19)(H,18,20)/t12-,13+/m0/s1. The number of ether oxygens (including phenoxy) is 1. The summed E-state index contributed by atoms with van der Waals surface area (Å²) in [5, 5.41) is 5.70. The van der Waals surface area contributed by atoms with Crippen molar-refractivity contribution in [2.24, 2.45) is 0 Å². The summed E-state index contributed by atoms with van der Waals surface area (Å²) in [6, 6.07) is 9.54. The van der Waals surface area contributed by atoms with Crippen LogP contribution in [0.5, 0.6) is 0 Å². The first kappa shape index (κ1) is 15.4. The maximum absolute atomic E-state index is 11.8. The lowest BCUT2D eigenvalue weighted by Gasteiger charge is -2.24. The van der Waals surface area contributed by atoms with Crippen LogP contribution >= 0.6 is 0 Å². The molecule has 2 N–H and O–H groups in total. The van der Waals surface area contributed by atoms with Crippen LogP contribution in [0.3, 0.4) is 0 Å². The van der Waals surface area contributed by atoms with Crippen LogP contribution in [0.1, 0.15) is 32.8 Å². The van der Waals surface area contributed by atoms with Gasteiger partial charge in [0.1, 0.15) is 5.60 Å². The second kappa shape index (κ2) is 6.16. The summed E-state index contributed by atoms with van der Waals surface area (Å²) in [4.78, 5) is 23.5. The highest BCUT2D eigenvalue weighted by Gasteiger charge is 2.34. The Hall–Kier alpha value is -2.04. The van der Waals surface area contributed by atoms with Gasteiger partial charge in [0.2, 0.25) is 5.91 Å². The molecule has 2 rings (SSSR count). The molecule has 1 aromatic carbocycles. The highest BCUT2D eigenvalue weighted by molar-refractivity contribution is 5.81. The summed E-state index contributed by atoms with van der Waals surface area (Å²) in [5.41, 5.74) is 0.579. The Balaban J connectivity index is 1.97. The Morgan fingerprint density at radius 2 is 2.00 bits per heavy atom. The van der Waals surface area contributed by atoms with E-state index in [0.717, 1.165) is 5.56 Å². The summed E-state index contributed by atoms with van der Waals surface area (Å²) >= 11 is 0. The second-order valence-electron chi connectivity index (χ2n) is 6.32. The van der Waals surface area contributed by atoms with Crippen molar-refractivity contribution in [3.05, 3.63) is 35.9 Å². The lowest BCUT2D eigenvalue weighted by Crippen LogP contribution is -2.46. The van der Waals surface area contributed by atoms with Crippen LogP contribution < -0.4 is 10.6 Å². The zero-order valence-electron chi connectivity index (χ0n) is 12.7. The highest BCUT2D eigenvalue weighted by atomic mass is 16.6. The normalized spacial score (nSPS) is 21.8. The Bertz CT molecular complexity index is 508. The molecule has 2 atom stereocenters. The first-order valence-corrected chi connectivity index (χ1v) is 7.16. The van der Waals surface area contributed by atoms with E-state index in [1.165, 1.54) is 0 Å². The molecule has 0 aromatic heterocycles. The molecule has 0 saturated carbocycles. The number of nitrogens with one attached hydrogen (secondary N) is 2. The predicted octanol–water partition coefficient (Wildman–Crippen LogP) is 2.01. The SMILES string of the molecule is CC(C)(C)OC(=O)N[C@@H]1CC(=O)N[C@H]1Cc1ccccc1. The van der Waals surface area contributed by atoms with E-state index in [4.69, 9.17) is 4.74 Å². The number of benzene rings is 1. The van der Waals surface area contributed by atoms with Crippen molar-refractivity contribution < 1.29 is 14.3 Å². The van der Waals surface area contributed by atoms with Crippen molar-refractivity contribution in [3.63, 3.8) is 0 Å². The van der Waals surface area contributed by atoms with E-state index in [1.807, 2.05) is 51.1 Å². The van der Waals surface area contributed by atoms with Gasteiger partial charge in [-0.1, -0.05) is 30.3 Å². The quantitative estimate of drug-likeness (QED) is 0.895. The topological polar surface area (TPSA) is 67.4 Å². The lowest BCUT2D eigenvalue weighted by atomic mass is 10.0. The number of hydrogen-bond acceptors (Lipinski definition) is 3. The maximum atomic E-state index is 11.8. The molecular formula is C16H22N2O3. The van der Waals surface area contributed by atoms with Crippen LogP contribution in [-0.2, 0) is 16.0 Å². The number of amides is 2. The van der Waals surface area contributed by atoms with Gasteiger partial charge in [-0.15, -0.1) is 0 Å². The van der Waals surface area contributed by atoms with Crippen LogP contribution in [0.2, 0.25) is 0 Å². The van der Waals surface area contributed by atoms with E-state index >= 15 is 0 Å². The van der Waals surface area contributed by atoms with Gasteiger partial charge in [-0.25, -0.2) is 4.79 Å². The van der Waals surface area contributed by atoms with Gasteiger partial charge < -0.3 is 15.4 Å². The molecule has 2 amide bonds. The van der Waals surface area contributed by atoms with Gasteiger partial charge in [-0.3, -0.25) is 4.79 Å². The third-order valence-electron chi connectivity index (χ3n) is 3.24. The molecule has 1 heterocycles. The number of rotatable bonds is 3. The lowest BCUT2D eigenvalue weighted by molar-refractivity contribution is -0.119. The molecule has 1 fully saturated rings. The fraction of sp³-hybridized carbons (Fsp3) is 0.500. The van der Waals surface area contributed by atoms with Gasteiger partial charge in [0.05, 0.1) is 12.1 Å². The number of alkyl carbamates (subject to hydrolysis) is 1. The van der Waals surface area contributed by atoms with Crippen LogP contribution in [0, 0.1) is 0 Å². The van der Waals surface area contributed by atoms with E-state index in [0.29, 0.717) is 6.42 Å². The molecule has 1 aromatic rings. The van der Waals surface area contributed by atoms with E-state index in [2.05, 4.69) is 10.6 Å². The molecule has 0 unspecified atom stereocenters. The first-order valence-electron chi connectivity index (χ1n) is 7.16. The van der Waals surface area contributed by atoms with Gasteiger partial charge >= 0.3 is 6.09 Å². The third kappa shape index (κ3) is 4.77. The molecule has 21 heavy (non-hydrogen) atoms. The van der Waals surface area contributed by atoms with Crippen LogP contribution in [-0.4, -0.2) is 29.7 Å². The van der Waals surface area contributed by atoms with Crippen molar-refractivity contribution in [3.8, 4) is 0 Å². The fourth-order valence-corrected chi connectivity index (χ4v) is 2.38. The second-order valence-corrected chi connectivity index (χ2v) is 6.32. The van der Waals surface area contributed by atoms with Crippen molar-refractivity contribution in [1.82, 2.24) is 10.6 Å². The Labute approximate surface area is 125 Å².